The Hall–Kier alpha value is -0.680. The molecule has 1 aliphatic rings. The van der Waals surface area contributed by atoms with Gasteiger partial charge in [0, 0.05) is 18.2 Å². The van der Waals surface area contributed by atoms with Gasteiger partial charge in [0.15, 0.2) is 0 Å². The largest absolute Gasteiger partial charge is 0.277 e. The van der Waals surface area contributed by atoms with Crippen LogP contribution < -0.4 is 5.43 Å². The molecular weight excluding hydrogens is 150 g/mol. The number of nitrogens with one attached hydrogen (secondary N) is 1. The number of nitrogens with zero attached hydrogens (tertiary/aromatic N) is 2. The van der Waals surface area contributed by atoms with Crippen LogP contribution in [0.5, 0.6) is 0 Å². The molecule has 1 N–H and O–H groups in total. The van der Waals surface area contributed by atoms with Gasteiger partial charge >= 0.3 is 0 Å². The van der Waals surface area contributed by atoms with Crippen LogP contribution in [0.3, 0.4) is 0 Å². The van der Waals surface area contributed by atoms with E-state index in [0.717, 1.165) is 6.54 Å². The first-order valence-corrected chi connectivity index (χ1v) is 3.82. The van der Waals surface area contributed by atoms with E-state index in [1.54, 1.807) is 23.3 Å². The first-order chi connectivity index (χ1) is 4.88. The van der Waals surface area contributed by atoms with Crippen LogP contribution in [0, 0.1) is 0 Å². The molecule has 56 valence electrons. The molecular formula is C5H9N3OS. The topological polar surface area (TPSA) is 35.6 Å². The molecule has 0 aliphatic carbocycles. The Morgan fingerprint density at radius 3 is 3.20 bits per heavy atom. The average molecular weight is 159 g/mol. The number of carbonyl (C=O) groups is 1. The van der Waals surface area contributed by atoms with E-state index < -0.39 is 0 Å². The van der Waals surface area contributed by atoms with Crippen LogP contribution in [0.1, 0.15) is 6.92 Å². The maximum absolute atomic E-state index is 10.00. The van der Waals surface area contributed by atoms with Gasteiger partial charge in [-0.05, 0) is 18.9 Å². The minimum Gasteiger partial charge on any atom is -0.277 e. The Bertz CT molecular complexity index is 150. The van der Waals surface area contributed by atoms with Gasteiger partial charge in [-0.2, -0.15) is 0 Å². The van der Waals surface area contributed by atoms with E-state index in [9.17, 15) is 4.79 Å². The molecule has 4 nitrogen and oxygen atoms in total. The van der Waals surface area contributed by atoms with Crippen LogP contribution in [0.25, 0.3) is 0 Å². The minimum atomic E-state index is 0.652. The highest BCUT2D eigenvalue weighted by Gasteiger charge is 2.13. The third-order valence-electron chi connectivity index (χ3n) is 1.08. The third kappa shape index (κ3) is 1.43. The molecule has 0 aromatic heterocycles. The van der Waals surface area contributed by atoms with Crippen LogP contribution in [0.2, 0.25) is 0 Å². The number of carbonyl (C=O) groups excluding carboxylic acids is 1. The van der Waals surface area contributed by atoms with Crippen molar-refractivity contribution in [3.8, 4) is 0 Å². The van der Waals surface area contributed by atoms with Crippen molar-refractivity contribution in [2.24, 2.45) is 0 Å². The Kier molecular flexibility index (Phi) is 2.58. The van der Waals surface area contributed by atoms with Crippen LogP contribution >= 0.6 is 11.9 Å². The summed E-state index contributed by atoms with van der Waals surface area (Å²) in [6, 6.07) is 0. The second kappa shape index (κ2) is 3.48. The molecule has 0 fully saturated rings. The third-order valence-corrected chi connectivity index (χ3v) is 2.00. The lowest BCUT2D eigenvalue weighted by Crippen LogP contribution is -2.40. The first-order valence-electron chi connectivity index (χ1n) is 2.98. The summed E-state index contributed by atoms with van der Waals surface area (Å²) in [5.41, 5.74) is 2.52. The fourth-order valence-electron chi connectivity index (χ4n) is 0.669. The van der Waals surface area contributed by atoms with E-state index in [0.29, 0.717) is 6.41 Å². The quantitative estimate of drug-likeness (QED) is 0.475. The Morgan fingerprint density at radius 2 is 2.60 bits per heavy atom. The van der Waals surface area contributed by atoms with Gasteiger partial charge in [-0.3, -0.25) is 10.2 Å². The standard InChI is InChI=1S/C5H9N3OS/c1-2-8-7(6-5-9)3-4-10-8/h3-5H,2H2,1H3,(H,6,9). The monoisotopic (exact) mass is 159 g/mol. The maximum atomic E-state index is 10.00. The summed E-state index contributed by atoms with van der Waals surface area (Å²) in [6.07, 6.45) is 2.45. The molecule has 5 heteroatoms. The molecule has 1 aliphatic heterocycles. The Morgan fingerprint density at radius 1 is 1.80 bits per heavy atom. The van der Waals surface area contributed by atoms with Crippen molar-refractivity contribution in [2.45, 2.75) is 6.92 Å². The summed E-state index contributed by atoms with van der Waals surface area (Å²) in [5, 5.41) is 3.54. The fourth-order valence-corrected chi connectivity index (χ4v) is 1.33. The lowest BCUT2D eigenvalue weighted by molar-refractivity contribution is -0.115. The summed E-state index contributed by atoms with van der Waals surface area (Å²) in [5.74, 6) is 0. The van der Waals surface area contributed by atoms with Crippen LogP contribution in [0.15, 0.2) is 11.6 Å². The zero-order valence-corrected chi connectivity index (χ0v) is 6.47. The van der Waals surface area contributed by atoms with Crippen molar-refractivity contribution < 1.29 is 4.79 Å². The predicted octanol–water partition coefficient (Wildman–Crippen LogP) is 0.319. The maximum Gasteiger partial charge on any atom is 0.226 e. The molecule has 10 heavy (non-hydrogen) atoms. The highest BCUT2D eigenvalue weighted by atomic mass is 32.2. The SMILES string of the molecule is CCN1SC=CN1NC=O. The lowest BCUT2D eigenvalue weighted by atomic mass is 10.8. The highest BCUT2D eigenvalue weighted by Crippen LogP contribution is 2.19. The van der Waals surface area contributed by atoms with Crippen molar-refractivity contribution in [1.82, 2.24) is 15.0 Å². The number of rotatable bonds is 3. The van der Waals surface area contributed by atoms with E-state index in [1.165, 1.54) is 0 Å². The van der Waals surface area contributed by atoms with Crippen molar-refractivity contribution in [1.29, 1.82) is 0 Å². The van der Waals surface area contributed by atoms with E-state index in [1.807, 2.05) is 16.7 Å². The molecule has 0 radical (unpaired) electrons. The van der Waals surface area contributed by atoms with E-state index >= 15 is 0 Å². The van der Waals surface area contributed by atoms with Crippen molar-refractivity contribution in [3.05, 3.63) is 11.6 Å². The minimum absolute atomic E-state index is 0.652. The second-order valence-electron chi connectivity index (χ2n) is 1.65. The normalized spacial score (nSPS) is 17.9. The van der Waals surface area contributed by atoms with Gasteiger partial charge in [0.05, 0.1) is 0 Å². The number of amides is 1. The summed E-state index contributed by atoms with van der Waals surface area (Å²) in [6.45, 7) is 2.87. The van der Waals surface area contributed by atoms with E-state index in [2.05, 4.69) is 5.43 Å². The summed E-state index contributed by atoms with van der Waals surface area (Å²) >= 11 is 1.55. The van der Waals surface area contributed by atoms with Gasteiger partial charge in [-0.25, -0.2) is 5.12 Å². The molecule has 1 amide bonds. The molecule has 0 saturated carbocycles. The molecule has 0 saturated heterocycles. The van der Waals surface area contributed by atoms with Gasteiger partial charge < -0.3 is 0 Å². The number of hydrazine groups is 2. The van der Waals surface area contributed by atoms with Crippen molar-refractivity contribution >= 4 is 18.4 Å². The smallest absolute Gasteiger partial charge is 0.226 e. The molecule has 0 aromatic rings. The molecule has 0 unspecified atom stereocenters. The van der Waals surface area contributed by atoms with Crippen molar-refractivity contribution in [3.63, 3.8) is 0 Å². The number of hydrogen-bond acceptors (Lipinski definition) is 4. The summed E-state index contributed by atoms with van der Waals surface area (Å²) in [4.78, 5) is 10.00. The van der Waals surface area contributed by atoms with Gasteiger partial charge in [0.2, 0.25) is 6.41 Å². The Labute approximate surface area is 63.9 Å². The number of hydrogen-bond donors (Lipinski definition) is 1. The van der Waals surface area contributed by atoms with E-state index in [4.69, 9.17) is 0 Å². The molecule has 0 spiro atoms. The van der Waals surface area contributed by atoms with Crippen LogP contribution in [0.4, 0.5) is 0 Å². The molecule has 0 aromatic carbocycles. The van der Waals surface area contributed by atoms with Crippen molar-refractivity contribution in [2.75, 3.05) is 6.54 Å². The lowest BCUT2D eigenvalue weighted by Gasteiger charge is -2.23. The molecule has 1 heterocycles. The van der Waals surface area contributed by atoms with Gasteiger partial charge in [-0.15, -0.1) is 4.41 Å². The van der Waals surface area contributed by atoms with Gasteiger partial charge in [0.1, 0.15) is 0 Å². The molecule has 0 atom stereocenters. The zero-order chi connectivity index (χ0) is 7.40. The predicted molar refractivity (Wildman–Crippen MR) is 40.1 cm³/mol. The molecule has 1 rings (SSSR count). The summed E-state index contributed by atoms with van der Waals surface area (Å²) in [7, 11) is 0. The summed E-state index contributed by atoms with van der Waals surface area (Å²) < 4.78 is 1.91. The first kappa shape index (κ1) is 7.43. The fraction of sp³-hybridized carbons (Fsp3) is 0.400. The highest BCUT2D eigenvalue weighted by molar-refractivity contribution is 8.00. The van der Waals surface area contributed by atoms with Crippen LogP contribution in [-0.2, 0) is 4.79 Å². The zero-order valence-electron chi connectivity index (χ0n) is 5.65. The Balaban J connectivity index is 2.40. The average Bonchev–Trinajstić information content (AvgIpc) is 2.36. The second-order valence-corrected chi connectivity index (χ2v) is 2.55. The van der Waals surface area contributed by atoms with E-state index in [-0.39, 0.29) is 0 Å². The van der Waals surface area contributed by atoms with Gasteiger partial charge in [0.25, 0.3) is 0 Å². The van der Waals surface area contributed by atoms with Gasteiger partial charge in [-0.1, -0.05) is 0 Å². The molecule has 0 bridgehead atoms. The van der Waals surface area contributed by atoms with Crippen LogP contribution in [-0.4, -0.2) is 22.5 Å².